The van der Waals surface area contributed by atoms with Crippen LogP contribution in [0.2, 0.25) is 0 Å². The molecule has 5 nitrogen and oxygen atoms in total. The van der Waals surface area contributed by atoms with Crippen molar-refractivity contribution in [1.29, 1.82) is 0 Å². The van der Waals surface area contributed by atoms with Crippen molar-refractivity contribution in [3.05, 3.63) is 29.8 Å². The van der Waals surface area contributed by atoms with Gasteiger partial charge in [-0.3, -0.25) is 9.69 Å². The molecule has 0 bridgehead atoms. The van der Waals surface area contributed by atoms with Gasteiger partial charge in [0.1, 0.15) is 5.75 Å². The van der Waals surface area contributed by atoms with Gasteiger partial charge in [-0.25, -0.2) is 0 Å². The molecule has 1 heterocycles. The van der Waals surface area contributed by atoms with E-state index in [9.17, 15) is 4.79 Å². The van der Waals surface area contributed by atoms with Crippen LogP contribution in [0.4, 0.5) is 0 Å². The SMILES string of the molecule is COc1cccc(CNC(=O)CN2CCC(N)C2)c1.Cl. The Morgan fingerprint density at radius 3 is 3.00 bits per heavy atom. The first-order valence-corrected chi connectivity index (χ1v) is 6.55. The number of ether oxygens (including phenoxy) is 1. The Bertz CT molecular complexity index is 442. The summed E-state index contributed by atoms with van der Waals surface area (Å²) in [4.78, 5) is 13.9. The Balaban J connectivity index is 0.00000200. The maximum atomic E-state index is 11.8. The molecule has 1 amide bonds. The van der Waals surface area contributed by atoms with Crippen LogP contribution in [-0.2, 0) is 11.3 Å². The van der Waals surface area contributed by atoms with Crippen molar-refractivity contribution < 1.29 is 9.53 Å². The molecule has 1 saturated heterocycles. The zero-order valence-electron chi connectivity index (χ0n) is 11.7. The van der Waals surface area contributed by atoms with Gasteiger partial charge in [-0.05, 0) is 24.1 Å². The number of nitrogens with zero attached hydrogens (tertiary/aromatic N) is 1. The van der Waals surface area contributed by atoms with Gasteiger partial charge in [-0.2, -0.15) is 0 Å². The predicted molar refractivity (Wildman–Crippen MR) is 81.1 cm³/mol. The summed E-state index contributed by atoms with van der Waals surface area (Å²) in [5.74, 6) is 0.842. The van der Waals surface area contributed by atoms with Gasteiger partial charge < -0.3 is 15.8 Å². The van der Waals surface area contributed by atoms with Crippen molar-refractivity contribution >= 4 is 18.3 Å². The number of halogens is 1. The summed E-state index contributed by atoms with van der Waals surface area (Å²) < 4.78 is 5.15. The van der Waals surface area contributed by atoms with Crippen LogP contribution in [0.5, 0.6) is 5.75 Å². The number of carbonyl (C=O) groups excluding carboxylic acids is 1. The zero-order chi connectivity index (χ0) is 13.7. The lowest BCUT2D eigenvalue weighted by Gasteiger charge is -2.14. The van der Waals surface area contributed by atoms with E-state index >= 15 is 0 Å². The summed E-state index contributed by atoms with van der Waals surface area (Å²) in [6, 6.07) is 7.91. The highest BCUT2D eigenvalue weighted by molar-refractivity contribution is 5.85. The quantitative estimate of drug-likeness (QED) is 0.843. The van der Waals surface area contributed by atoms with Gasteiger partial charge in [-0.15, -0.1) is 12.4 Å². The first kappa shape index (κ1) is 16.8. The number of nitrogens with two attached hydrogens (primary N) is 1. The summed E-state index contributed by atoms with van der Waals surface area (Å²) in [7, 11) is 1.63. The standard InChI is InChI=1S/C14H21N3O2.ClH/c1-19-13-4-2-3-11(7-13)8-16-14(18)10-17-6-5-12(15)9-17;/h2-4,7,12H,5-6,8-10,15H2,1H3,(H,16,18);1H. The Morgan fingerprint density at radius 2 is 2.35 bits per heavy atom. The molecule has 0 aliphatic carbocycles. The molecule has 6 heteroatoms. The van der Waals surface area contributed by atoms with Gasteiger partial charge in [0.25, 0.3) is 0 Å². The van der Waals surface area contributed by atoms with Crippen molar-refractivity contribution in [2.75, 3.05) is 26.7 Å². The number of hydrogen-bond acceptors (Lipinski definition) is 4. The monoisotopic (exact) mass is 299 g/mol. The van der Waals surface area contributed by atoms with Crippen LogP contribution in [0.15, 0.2) is 24.3 Å². The number of amides is 1. The molecule has 1 aromatic rings. The molecule has 0 spiro atoms. The molecule has 1 aliphatic heterocycles. The molecule has 0 saturated carbocycles. The van der Waals surface area contributed by atoms with Crippen molar-refractivity contribution in [3.8, 4) is 5.75 Å². The summed E-state index contributed by atoms with van der Waals surface area (Å²) in [6.45, 7) is 2.67. The Hall–Kier alpha value is -1.30. The Morgan fingerprint density at radius 1 is 1.55 bits per heavy atom. The molecule has 112 valence electrons. The summed E-state index contributed by atoms with van der Waals surface area (Å²) in [5.41, 5.74) is 6.84. The average molecular weight is 300 g/mol. The molecular weight excluding hydrogens is 278 g/mol. The second-order valence-corrected chi connectivity index (χ2v) is 4.91. The van der Waals surface area contributed by atoms with Gasteiger partial charge in [0.05, 0.1) is 13.7 Å². The highest BCUT2D eigenvalue weighted by Crippen LogP contribution is 2.12. The van der Waals surface area contributed by atoms with Gasteiger partial charge in [0, 0.05) is 25.7 Å². The minimum atomic E-state index is 0. The van der Waals surface area contributed by atoms with Gasteiger partial charge in [-0.1, -0.05) is 12.1 Å². The van der Waals surface area contributed by atoms with Crippen LogP contribution in [0.1, 0.15) is 12.0 Å². The van der Waals surface area contributed by atoms with Crippen LogP contribution in [0.3, 0.4) is 0 Å². The third-order valence-corrected chi connectivity index (χ3v) is 3.30. The van der Waals surface area contributed by atoms with Gasteiger partial charge in [0.15, 0.2) is 0 Å². The Kier molecular flexibility index (Phi) is 6.78. The lowest BCUT2D eigenvalue weighted by Crippen LogP contribution is -2.37. The van der Waals surface area contributed by atoms with Crippen molar-refractivity contribution in [2.24, 2.45) is 5.73 Å². The van der Waals surface area contributed by atoms with E-state index in [2.05, 4.69) is 10.2 Å². The van der Waals surface area contributed by atoms with E-state index in [1.165, 1.54) is 0 Å². The van der Waals surface area contributed by atoms with Crippen LogP contribution in [0.25, 0.3) is 0 Å². The molecule has 1 atom stereocenters. The lowest BCUT2D eigenvalue weighted by molar-refractivity contribution is -0.122. The maximum Gasteiger partial charge on any atom is 0.234 e. The molecular formula is C14H22ClN3O2. The van der Waals surface area contributed by atoms with Crippen molar-refractivity contribution in [1.82, 2.24) is 10.2 Å². The molecule has 1 fully saturated rings. The van der Waals surface area contributed by atoms with E-state index in [0.29, 0.717) is 13.1 Å². The topological polar surface area (TPSA) is 67.6 Å². The summed E-state index contributed by atoms with van der Waals surface area (Å²) >= 11 is 0. The largest absolute Gasteiger partial charge is 0.497 e. The van der Waals surface area contributed by atoms with E-state index in [1.54, 1.807) is 7.11 Å². The zero-order valence-corrected chi connectivity index (χ0v) is 12.5. The molecule has 0 aromatic heterocycles. The fourth-order valence-electron chi connectivity index (χ4n) is 2.25. The van der Waals surface area contributed by atoms with Crippen LogP contribution in [-0.4, -0.2) is 43.6 Å². The second-order valence-electron chi connectivity index (χ2n) is 4.91. The third-order valence-electron chi connectivity index (χ3n) is 3.30. The second kappa shape index (κ2) is 8.09. The van der Waals surface area contributed by atoms with E-state index in [0.717, 1.165) is 30.8 Å². The van der Waals surface area contributed by atoms with Crippen LogP contribution in [0, 0.1) is 0 Å². The number of likely N-dealkylation sites (tertiary alicyclic amines) is 1. The Labute approximate surface area is 125 Å². The molecule has 20 heavy (non-hydrogen) atoms. The predicted octanol–water partition coefficient (Wildman–Crippen LogP) is 0.766. The van der Waals surface area contributed by atoms with E-state index in [1.807, 2.05) is 24.3 Å². The van der Waals surface area contributed by atoms with Gasteiger partial charge >= 0.3 is 0 Å². The summed E-state index contributed by atoms with van der Waals surface area (Å²) in [5, 5.41) is 2.92. The number of benzene rings is 1. The van der Waals surface area contributed by atoms with E-state index in [-0.39, 0.29) is 24.4 Å². The first-order chi connectivity index (χ1) is 9.17. The normalized spacial score (nSPS) is 18.4. The smallest absolute Gasteiger partial charge is 0.234 e. The van der Waals surface area contributed by atoms with Crippen LogP contribution >= 0.6 is 12.4 Å². The minimum absolute atomic E-state index is 0. The van der Waals surface area contributed by atoms with E-state index < -0.39 is 0 Å². The van der Waals surface area contributed by atoms with Crippen LogP contribution < -0.4 is 15.8 Å². The maximum absolute atomic E-state index is 11.8. The molecule has 0 radical (unpaired) electrons. The van der Waals surface area contributed by atoms with Crippen molar-refractivity contribution in [3.63, 3.8) is 0 Å². The number of methoxy groups -OCH3 is 1. The molecule has 3 N–H and O–H groups in total. The summed E-state index contributed by atoms with van der Waals surface area (Å²) in [6.07, 6.45) is 0.975. The highest BCUT2D eigenvalue weighted by Gasteiger charge is 2.20. The molecule has 2 rings (SSSR count). The molecule has 1 aromatic carbocycles. The number of carbonyl (C=O) groups is 1. The highest BCUT2D eigenvalue weighted by atomic mass is 35.5. The third kappa shape index (κ3) is 5.00. The molecule has 1 aliphatic rings. The fraction of sp³-hybridized carbons (Fsp3) is 0.500. The number of nitrogens with one attached hydrogen (secondary N) is 1. The van der Waals surface area contributed by atoms with Crippen molar-refractivity contribution in [2.45, 2.75) is 19.0 Å². The van der Waals surface area contributed by atoms with Gasteiger partial charge in [0.2, 0.25) is 5.91 Å². The number of rotatable bonds is 5. The fourth-order valence-corrected chi connectivity index (χ4v) is 2.25. The minimum Gasteiger partial charge on any atom is -0.497 e. The lowest BCUT2D eigenvalue weighted by atomic mass is 10.2. The average Bonchev–Trinajstić information content (AvgIpc) is 2.82. The number of hydrogen-bond donors (Lipinski definition) is 2. The molecule has 1 unspecified atom stereocenters. The first-order valence-electron chi connectivity index (χ1n) is 6.55. The van der Waals surface area contributed by atoms with E-state index in [4.69, 9.17) is 10.5 Å².